The summed E-state index contributed by atoms with van der Waals surface area (Å²) < 4.78 is 4.90. The van der Waals surface area contributed by atoms with E-state index in [1.54, 1.807) is 12.3 Å². The highest BCUT2D eigenvalue weighted by molar-refractivity contribution is 7.14. The first-order valence-electron chi connectivity index (χ1n) is 6.42. The molecule has 0 aliphatic heterocycles. The van der Waals surface area contributed by atoms with Gasteiger partial charge in [-0.05, 0) is 31.0 Å². The summed E-state index contributed by atoms with van der Waals surface area (Å²) in [4.78, 5) is 15.7. The number of nitrogens with zero attached hydrogens (tertiary/aromatic N) is 1. The van der Waals surface area contributed by atoms with Crippen LogP contribution in [0, 0.1) is 0 Å². The molecule has 1 aromatic heterocycles. The number of nitrogens with two attached hydrogens (primary N) is 1. The van der Waals surface area contributed by atoms with Gasteiger partial charge in [0.2, 0.25) is 0 Å². The summed E-state index contributed by atoms with van der Waals surface area (Å²) in [6, 6.07) is 5.79. The standard InChI is InChI=1S/C14H17N3O2S/c1-3-9-5-6-10(7-11(9)15)16-14-17-12(8-20-14)13(18)19-4-2/h5-8H,3-4,15H2,1-2H3,(H,16,17). The van der Waals surface area contributed by atoms with Gasteiger partial charge in [0.15, 0.2) is 10.8 Å². The van der Waals surface area contributed by atoms with Crippen molar-refractivity contribution in [1.29, 1.82) is 0 Å². The van der Waals surface area contributed by atoms with E-state index < -0.39 is 5.97 Å². The van der Waals surface area contributed by atoms with Crippen molar-refractivity contribution in [2.75, 3.05) is 17.7 Å². The normalized spacial score (nSPS) is 10.3. The maximum atomic E-state index is 11.5. The first-order chi connectivity index (χ1) is 9.63. The van der Waals surface area contributed by atoms with Crippen LogP contribution < -0.4 is 11.1 Å². The van der Waals surface area contributed by atoms with E-state index in [1.807, 2.05) is 18.2 Å². The van der Waals surface area contributed by atoms with Crippen LogP contribution in [-0.4, -0.2) is 17.6 Å². The maximum Gasteiger partial charge on any atom is 0.357 e. The minimum atomic E-state index is -0.405. The number of nitrogens with one attached hydrogen (secondary N) is 1. The molecule has 0 radical (unpaired) electrons. The molecule has 20 heavy (non-hydrogen) atoms. The highest BCUT2D eigenvalue weighted by Gasteiger charge is 2.11. The third-order valence-corrected chi connectivity index (χ3v) is 3.52. The van der Waals surface area contributed by atoms with Crippen LogP contribution in [0.4, 0.5) is 16.5 Å². The molecule has 0 amide bonds. The molecule has 106 valence electrons. The number of nitrogen functional groups attached to an aromatic ring is 1. The minimum Gasteiger partial charge on any atom is -0.461 e. The van der Waals surface area contributed by atoms with Gasteiger partial charge in [0.05, 0.1) is 6.61 Å². The summed E-state index contributed by atoms with van der Waals surface area (Å²) in [5, 5.41) is 5.44. The number of carbonyl (C=O) groups is 1. The Hall–Kier alpha value is -2.08. The zero-order valence-electron chi connectivity index (χ0n) is 11.5. The monoisotopic (exact) mass is 291 g/mol. The Kier molecular flexibility index (Phi) is 4.57. The van der Waals surface area contributed by atoms with Crippen LogP contribution in [-0.2, 0) is 11.2 Å². The van der Waals surface area contributed by atoms with Crippen LogP contribution in [0.1, 0.15) is 29.9 Å². The average molecular weight is 291 g/mol. The number of thiazole rings is 1. The third-order valence-electron chi connectivity index (χ3n) is 2.77. The molecule has 0 saturated carbocycles. The Morgan fingerprint density at radius 2 is 2.25 bits per heavy atom. The van der Waals surface area contributed by atoms with E-state index in [9.17, 15) is 4.79 Å². The molecule has 2 rings (SSSR count). The van der Waals surface area contributed by atoms with Crippen molar-refractivity contribution < 1.29 is 9.53 Å². The summed E-state index contributed by atoms with van der Waals surface area (Å²) in [5.74, 6) is -0.405. The van der Waals surface area contributed by atoms with Crippen LogP contribution >= 0.6 is 11.3 Å². The van der Waals surface area contributed by atoms with E-state index in [2.05, 4.69) is 17.2 Å². The number of esters is 1. The molecule has 0 aliphatic carbocycles. The largest absolute Gasteiger partial charge is 0.461 e. The van der Waals surface area contributed by atoms with E-state index in [0.717, 1.165) is 23.4 Å². The van der Waals surface area contributed by atoms with Crippen molar-refractivity contribution in [2.45, 2.75) is 20.3 Å². The van der Waals surface area contributed by atoms with Crippen molar-refractivity contribution in [3.05, 3.63) is 34.8 Å². The Morgan fingerprint density at radius 3 is 2.90 bits per heavy atom. The van der Waals surface area contributed by atoms with Gasteiger partial charge in [0.1, 0.15) is 0 Å². The average Bonchev–Trinajstić information content (AvgIpc) is 2.88. The predicted octanol–water partition coefficient (Wildman–Crippen LogP) is 3.21. The third kappa shape index (κ3) is 3.27. The van der Waals surface area contributed by atoms with E-state index >= 15 is 0 Å². The molecule has 1 aromatic carbocycles. The van der Waals surface area contributed by atoms with Crippen molar-refractivity contribution in [3.8, 4) is 0 Å². The zero-order chi connectivity index (χ0) is 14.5. The minimum absolute atomic E-state index is 0.317. The lowest BCUT2D eigenvalue weighted by Gasteiger charge is -2.07. The first kappa shape index (κ1) is 14.3. The van der Waals surface area contributed by atoms with Crippen LogP contribution in [0.25, 0.3) is 0 Å². The quantitative estimate of drug-likeness (QED) is 0.653. The van der Waals surface area contributed by atoms with Crippen LogP contribution in [0.5, 0.6) is 0 Å². The van der Waals surface area contributed by atoms with Gasteiger partial charge in [-0.3, -0.25) is 0 Å². The summed E-state index contributed by atoms with van der Waals surface area (Å²) in [6.45, 7) is 4.17. The van der Waals surface area contributed by atoms with Crippen LogP contribution in [0.15, 0.2) is 23.6 Å². The lowest BCUT2D eigenvalue weighted by Crippen LogP contribution is -2.05. The van der Waals surface area contributed by atoms with Gasteiger partial charge in [-0.1, -0.05) is 13.0 Å². The number of anilines is 3. The van der Waals surface area contributed by atoms with Crippen molar-refractivity contribution in [1.82, 2.24) is 4.98 Å². The molecule has 0 spiro atoms. The Bertz CT molecular complexity index is 610. The fourth-order valence-electron chi connectivity index (χ4n) is 1.75. The molecule has 1 heterocycles. The number of ether oxygens (including phenoxy) is 1. The van der Waals surface area contributed by atoms with Crippen molar-refractivity contribution in [2.24, 2.45) is 0 Å². The van der Waals surface area contributed by atoms with Gasteiger partial charge in [-0.15, -0.1) is 11.3 Å². The molecule has 6 heteroatoms. The second kappa shape index (κ2) is 6.38. The van der Waals surface area contributed by atoms with Gasteiger partial charge >= 0.3 is 5.97 Å². The van der Waals surface area contributed by atoms with Crippen LogP contribution in [0.3, 0.4) is 0 Å². The maximum absolute atomic E-state index is 11.5. The number of benzene rings is 1. The summed E-state index contributed by atoms with van der Waals surface area (Å²) in [5.41, 5.74) is 8.98. The second-order valence-corrected chi connectivity index (χ2v) is 5.01. The number of hydrogen-bond donors (Lipinski definition) is 2. The lowest BCUT2D eigenvalue weighted by molar-refractivity contribution is 0.0520. The van der Waals surface area contributed by atoms with Crippen molar-refractivity contribution in [3.63, 3.8) is 0 Å². The van der Waals surface area contributed by atoms with Gasteiger partial charge < -0.3 is 15.8 Å². The molecule has 0 saturated heterocycles. The molecule has 2 aromatic rings. The SMILES string of the molecule is CCOC(=O)c1csc(Nc2ccc(CC)c(N)c2)n1. The van der Waals surface area contributed by atoms with Gasteiger partial charge in [0, 0.05) is 16.8 Å². The van der Waals surface area contributed by atoms with Crippen molar-refractivity contribution >= 4 is 33.8 Å². The molecule has 0 fully saturated rings. The van der Waals surface area contributed by atoms with E-state index in [4.69, 9.17) is 10.5 Å². The molecule has 0 unspecified atom stereocenters. The molecular weight excluding hydrogens is 274 g/mol. The second-order valence-electron chi connectivity index (χ2n) is 4.15. The van der Waals surface area contributed by atoms with E-state index in [-0.39, 0.29) is 0 Å². The number of aromatic nitrogens is 1. The summed E-state index contributed by atoms with van der Waals surface area (Å²) in [6.07, 6.45) is 0.899. The highest BCUT2D eigenvalue weighted by Crippen LogP contribution is 2.24. The van der Waals surface area contributed by atoms with Gasteiger partial charge in [-0.25, -0.2) is 9.78 Å². The van der Waals surface area contributed by atoms with E-state index in [1.165, 1.54) is 11.3 Å². The molecular formula is C14H17N3O2S. The lowest BCUT2D eigenvalue weighted by atomic mass is 10.1. The smallest absolute Gasteiger partial charge is 0.357 e. The number of carbonyl (C=O) groups excluding carboxylic acids is 1. The number of rotatable bonds is 5. The topological polar surface area (TPSA) is 77.2 Å². The van der Waals surface area contributed by atoms with Gasteiger partial charge in [0.25, 0.3) is 0 Å². The molecule has 5 nitrogen and oxygen atoms in total. The molecule has 0 atom stereocenters. The fourth-order valence-corrected chi connectivity index (χ4v) is 2.45. The number of hydrogen-bond acceptors (Lipinski definition) is 6. The molecule has 0 aliphatic rings. The Morgan fingerprint density at radius 1 is 1.45 bits per heavy atom. The fraction of sp³-hybridized carbons (Fsp3) is 0.286. The molecule has 0 bridgehead atoms. The highest BCUT2D eigenvalue weighted by atomic mass is 32.1. The number of aryl methyl sites for hydroxylation is 1. The Labute approximate surface area is 121 Å². The van der Waals surface area contributed by atoms with Crippen LogP contribution in [0.2, 0.25) is 0 Å². The predicted molar refractivity (Wildman–Crippen MR) is 81.6 cm³/mol. The zero-order valence-corrected chi connectivity index (χ0v) is 12.3. The van der Waals surface area contributed by atoms with Gasteiger partial charge in [-0.2, -0.15) is 0 Å². The molecule has 3 N–H and O–H groups in total. The summed E-state index contributed by atoms with van der Waals surface area (Å²) >= 11 is 1.35. The van der Waals surface area contributed by atoms with E-state index in [0.29, 0.717) is 17.4 Å². The summed E-state index contributed by atoms with van der Waals surface area (Å²) in [7, 11) is 0. The first-order valence-corrected chi connectivity index (χ1v) is 7.30. The Balaban J connectivity index is 2.10.